The van der Waals surface area contributed by atoms with Crippen LogP contribution < -0.4 is 5.32 Å². The van der Waals surface area contributed by atoms with Gasteiger partial charge in [-0.1, -0.05) is 36.8 Å². The van der Waals surface area contributed by atoms with Crippen molar-refractivity contribution >= 4 is 11.8 Å². The van der Waals surface area contributed by atoms with Crippen LogP contribution in [0.3, 0.4) is 0 Å². The molecule has 1 saturated carbocycles. The van der Waals surface area contributed by atoms with E-state index in [1.807, 2.05) is 29.1 Å². The van der Waals surface area contributed by atoms with E-state index in [1.165, 1.54) is 0 Å². The van der Waals surface area contributed by atoms with E-state index < -0.39 is 0 Å². The van der Waals surface area contributed by atoms with Gasteiger partial charge in [0.15, 0.2) is 5.82 Å². The van der Waals surface area contributed by atoms with Crippen LogP contribution in [0.1, 0.15) is 37.8 Å². The van der Waals surface area contributed by atoms with Crippen molar-refractivity contribution in [3.05, 3.63) is 48.2 Å². The van der Waals surface area contributed by atoms with Gasteiger partial charge in [0, 0.05) is 31.8 Å². The smallest absolute Gasteiger partial charge is 0.322 e. The Morgan fingerprint density at radius 3 is 2.80 bits per heavy atom. The van der Waals surface area contributed by atoms with Crippen LogP contribution in [0.15, 0.2) is 42.6 Å². The minimum atomic E-state index is -0.291. The lowest BCUT2D eigenvalue weighted by Crippen LogP contribution is -2.37. The highest BCUT2D eigenvalue weighted by Gasteiger charge is 2.27. The molecule has 1 aromatic carbocycles. The lowest BCUT2D eigenvalue weighted by molar-refractivity contribution is 0.116. The number of aliphatic hydroxyl groups excluding tert-OH is 1. The lowest BCUT2D eigenvalue weighted by Gasteiger charge is -2.23. The summed E-state index contributed by atoms with van der Waals surface area (Å²) in [5.74, 6) is 0.706. The molecule has 25 heavy (non-hydrogen) atoms. The Morgan fingerprint density at radius 2 is 2.12 bits per heavy atom. The average molecular weight is 342 g/mol. The van der Waals surface area contributed by atoms with E-state index in [9.17, 15) is 9.90 Å². The number of carbonyl (C=O) groups excluding carboxylic acids is 1. The second kappa shape index (κ2) is 7.70. The van der Waals surface area contributed by atoms with Gasteiger partial charge < -0.3 is 10.0 Å². The first-order valence-corrected chi connectivity index (χ1v) is 8.85. The molecule has 3 rings (SSSR count). The van der Waals surface area contributed by atoms with E-state index in [-0.39, 0.29) is 24.1 Å². The molecule has 1 aliphatic rings. The van der Waals surface area contributed by atoms with Gasteiger partial charge in [0.05, 0.1) is 12.1 Å². The van der Waals surface area contributed by atoms with Crippen molar-refractivity contribution in [2.45, 2.75) is 38.3 Å². The summed E-state index contributed by atoms with van der Waals surface area (Å²) < 4.78 is 1.84. The quantitative estimate of drug-likeness (QED) is 0.877. The van der Waals surface area contributed by atoms with Crippen molar-refractivity contribution in [3.63, 3.8) is 0 Å². The van der Waals surface area contributed by atoms with Crippen LogP contribution in [-0.2, 0) is 0 Å². The van der Waals surface area contributed by atoms with Gasteiger partial charge in [0.25, 0.3) is 0 Å². The molecular formula is C19H26N4O2. The van der Waals surface area contributed by atoms with E-state index in [2.05, 4.69) is 29.5 Å². The molecular weight excluding hydrogens is 316 g/mol. The maximum atomic E-state index is 12.3. The summed E-state index contributed by atoms with van der Waals surface area (Å²) in [7, 11) is 1.75. The topological polar surface area (TPSA) is 70.4 Å². The van der Waals surface area contributed by atoms with E-state index in [4.69, 9.17) is 0 Å². The Hall–Kier alpha value is -2.34. The van der Waals surface area contributed by atoms with Crippen LogP contribution >= 0.6 is 0 Å². The number of amides is 2. The fraction of sp³-hybridized carbons (Fsp3) is 0.474. The average Bonchev–Trinajstić information content (AvgIpc) is 3.24. The summed E-state index contributed by atoms with van der Waals surface area (Å²) in [5, 5.41) is 17.2. The number of hydrogen-bond acceptors (Lipinski definition) is 3. The molecule has 3 atom stereocenters. The van der Waals surface area contributed by atoms with Gasteiger partial charge in [0.1, 0.15) is 0 Å². The Kier molecular flexibility index (Phi) is 5.38. The maximum absolute atomic E-state index is 12.3. The van der Waals surface area contributed by atoms with Gasteiger partial charge in [-0.3, -0.25) is 10.00 Å². The van der Waals surface area contributed by atoms with Crippen molar-refractivity contribution in [2.75, 3.05) is 18.9 Å². The second-order valence-electron chi connectivity index (χ2n) is 6.84. The molecule has 0 saturated heterocycles. The molecule has 1 heterocycles. The summed E-state index contributed by atoms with van der Waals surface area (Å²) in [4.78, 5) is 14.0. The summed E-state index contributed by atoms with van der Waals surface area (Å²) in [6, 6.07) is 11.8. The highest BCUT2D eigenvalue weighted by atomic mass is 16.3. The Bertz CT molecular complexity index is 700. The molecule has 0 radical (unpaired) electrons. The number of rotatable bonds is 5. The zero-order valence-corrected chi connectivity index (χ0v) is 14.8. The summed E-state index contributed by atoms with van der Waals surface area (Å²) in [5.41, 5.74) is 1.16. The molecule has 0 aliphatic heterocycles. The number of benzene rings is 1. The molecule has 2 aromatic rings. The van der Waals surface area contributed by atoms with Gasteiger partial charge in [-0.25, -0.2) is 4.79 Å². The van der Waals surface area contributed by atoms with Crippen molar-refractivity contribution in [2.24, 2.45) is 5.92 Å². The van der Waals surface area contributed by atoms with Crippen LogP contribution in [-0.4, -0.2) is 45.5 Å². The predicted molar refractivity (Wildman–Crippen MR) is 97.5 cm³/mol. The number of aliphatic hydroxyl groups is 1. The largest absolute Gasteiger partial charge is 0.393 e. The normalized spacial score (nSPS) is 21.1. The number of nitrogens with zero attached hydrogens (tertiary/aromatic N) is 3. The molecule has 3 unspecified atom stereocenters. The summed E-state index contributed by atoms with van der Waals surface area (Å²) in [6.45, 7) is 2.63. The molecule has 1 aromatic heterocycles. The zero-order valence-electron chi connectivity index (χ0n) is 14.8. The zero-order chi connectivity index (χ0) is 17.8. The number of nitrogens with one attached hydrogen (secondary N) is 1. The minimum absolute atomic E-state index is 0.0956. The van der Waals surface area contributed by atoms with E-state index in [0.717, 1.165) is 24.8 Å². The van der Waals surface area contributed by atoms with E-state index in [0.29, 0.717) is 12.4 Å². The first-order valence-electron chi connectivity index (χ1n) is 8.85. The first-order chi connectivity index (χ1) is 12.0. The Balaban J connectivity index is 1.58. The fourth-order valence-corrected chi connectivity index (χ4v) is 3.37. The van der Waals surface area contributed by atoms with Crippen molar-refractivity contribution < 1.29 is 9.90 Å². The molecule has 2 amide bonds. The van der Waals surface area contributed by atoms with Crippen LogP contribution in [0.5, 0.6) is 0 Å². The van der Waals surface area contributed by atoms with Crippen LogP contribution in [0.4, 0.5) is 10.6 Å². The molecule has 0 spiro atoms. The van der Waals surface area contributed by atoms with Gasteiger partial charge in [-0.2, -0.15) is 5.10 Å². The van der Waals surface area contributed by atoms with Gasteiger partial charge >= 0.3 is 6.03 Å². The molecule has 6 heteroatoms. The van der Waals surface area contributed by atoms with Crippen molar-refractivity contribution in [1.82, 2.24) is 14.7 Å². The molecule has 1 aliphatic carbocycles. The number of hydrogen-bond donors (Lipinski definition) is 2. The second-order valence-corrected chi connectivity index (χ2v) is 6.84. The molecule has 6 nitrogen and oxygen atoms in total. The third kappa shape index (κ3) is 4.20. The lowest BCUT2D eigenvalue weighted by atomic mass is 10.1. The standard InChI is InChI=1S/C19H26N4O2/c1-14(15-7-4-3-5-8-15)23-12-11-18(21-23)20-19(25)22(2)13-16-9-6-10-17(16)24/h3-5,7-8,11-12,14,16-17,24H,6,9-10,13H2,1-2H3,(H,20,21,25). The Labute approximate surface area is 148 Å². The van der Waals surface area contributed by atoms with Crippen LogP contribution in [0, 0.1) is 5.92 Å². The van der Waals surface area contributed by atoms with Crippen LogP contribution in [0.25, 0.3) is 0 Å². The van der Waals surface area contributed by atoms with Crippen molar-refractivity contribution in [1.29, 1.82) is 0 Å². The third-order valence-corrected chi connectivity index (χ3v) is 5.00. The van der Waals surface area contributed by atoms with Gasteiger partial charge in [0.2, 0.25) is 0 Å². The highest BCUT2D eigenvalue weighted by Crippen LogP contribution is 2.26. The molecule has 2 N–H and O–H groups in total. The monoisotopic (exact) mass is 342 g/mol. The number of aromatic nitrogens is 2. The van der Waals surface area contributed by atoms with E-state index >= 15 is 0 Å². The van der Waals surface area contributed by atoms with Gasteiger partial charge in [-0.15, -0.1) is 0 Å². The number of carbonyl (C=O) groups is 1. The van der Waals surface area contributed by atoms with Crippen molar-refractivity contribution in [3.8, 4) is 0 Å². The summed E-state index contributed by atoms with van der Waals surface area (Å²) in [6.07, 6.45) is 4.42. The van der Waals surface area contributed by atoms with Crippen LogP contribution in [0.2, 0.25) is 0 Å². The number of urea groups is 1. The fourth-order valence-electron chi connectivity index (χ4n) is 3.37. The van der Waals surface area contributed by atoms with Gasteiger partial charge in [-0.05, 0) is 25.3 Å². The first kappa shape index (κ1) is 17.5. The molecule has 134 valence electrons. The molecule has 1 fully saturated rings. The van der Waals surface area contributed by atoms with E-state index in [1.54, 1.807) is 18.0 Å². The highest BCUT2D eigenvalue weighted by molar-refractivity contribution is 5.88. The minimum Gasteiger partial charge on any atom is -0.393 e. The Morgan fingerprint density at radius 1 is 1.36 bits per heavy atom. The number of anilines is 1. The maximum Gasteiger partial charge on any atom is 0.322 e. The predicted octanol–water partition coefficient (Wildman–Crippen LogP) is 3.12. The summed E-state index contributed by atoms with van der Waals surface area (Å²) >= 11 is 0. The molecule has 0 bridgehead atoms. The third-order valence-electron chi connectivity index (χ3n) is 5.00. The SMILES string of the molecule is CC(c1ccccc1)n1ccc(NC(=O)N(C)CC2CCCC2O)n1.